The van der Waals surface area contributed by atoms with E-state index in [2.05, 4.69) is 16.0 Å². The van der Waals surface area contributed by atoms with Gasteiger partial charge < -0.3 is 19.1 Å². The topological polar surface area (TPSA) is 70.3 Å². The van der Waals surface area contributed by atoms with Gasteiger partial charge in [0.25, 0.3) is 0 Å². The summed E-state index contributed by atoms with van der Waals surface area (Å²) in [6.45, 7) is 5.09. The van der Waals surface area contributed by atoms with Crippen LogP contribution in [0.3, 0.4) is 0 Å². The van der Waals surface area contributed by atoms with Crippen molar-refractivity contribution < 1.29 is 14.2 Å². The summed E-state index contributed by atoms with van der Waals surface area (Å²) in [6, 6.07) is 5.59. The second kappa shape index (κ2) is 9.87. The second-order valence-electron chi connectivity index (χ2n) is 6.00. The van der Waals surface area contributed by atoms with Crippen molar-refractivity contribution in [2.24, 2.45) is 4.99 Å². The minimum atomic E-state index is 0.460. The van der Waals surface area contributed by atoms with E-state index in [9.17, 15) is 5.26 Å². The molecule has 0 aromatic heterocycles. The lowest BCUT2D eigenvalue weighted by atomic mass is 10.1. The maximum Gasteiger partial charge on any atom is 0.162 e. The van der Waals surface area contributed by atoms with E-state index in [-0.39, 0.29) is 0 Å². The van der Waals surface area contributed by atoms with Gasteiger partial charge in [0.15, 0.2) is 11.5 Å². The van der Waals surface area contributed by atoms with Crippen LogP contribution in [0.5, 0.6) is 11.5 Å². The van der Waals surface area contributed by atoms with Crippen molar-refractivity contribution in [2.45, 2.75) is 6.42 Å². The van der Waals surface area contributed by atoms with E-state index in [0.717, 1.165) is 39.3 Å². The first-order valence-corrected chi connectivity index (χ1v) is 8.39. The number of aliphatic imine (C=N–C) groups is 1. The molecule has 0 amide bonds. The third-order valence-corrected chi connectivity index (χ3v) is 3.81. The molecule has 0 N–H and O–H groups in total. The first kappa shape index (κ1) is 19.0. The van der Waals surface area contributed by atoms with Crippen LogP contribution < -0.4 is 9.47 Å². The smallest absolute Gasteiger partial charge is 0.162 e. The highest BCUT2D eigenvalue weighted by Crippen LogP contribution is 2.34. The molecule has 1 aliphatic rings. The second-order valence-corrected chi connectivity index (χ2v) is 6.00. The van der Waals surface area contributed by atoms with Gasteiger partial charge in [0.2, 0.25) is 0 Å². The molecular weight excluding hydrogens is 320 g/mol. The summed E-state index contributed by atoms with van der Waals surface area (Å²) in [5.41, 5.74) is 1.02. The van der Waals surface area contributed by atoms with Gasteiger partial charge >= 0.3 is 0 Å². The molecule has 1 aliphatic heterocycles. The molecule has 0 saturated carbocycles. The number of ether oxygens (including phenoxy) is 3. The zero-order valence-electron chi connectivity index (χ0n) is 15.2. The highest BCUT2D eigenvalue weighted by Gasteiger charge is 2.13. The minimum Gasteiger partial charge on any atom is -0.493 e. The number of morpholine rings is 1. The Hall–Kier alpha value is -2.30. The first-order valence-electron chi connectivity index (χ1n) is 8.39. The number of hydrogen-bond donors (Lipinski definition) is 0. The summed E-state index contributed by atoms with van der Waals surface area (Å²) < 4.78 is 16.6. The van der Waals surface area contributed by atoms with Gasteiger partial charge in [-0.3, -0.25) is 4.90 Å². The van der Waals surface area contributed by atoms with Crippen molar-refractivity contribution >= 4 is 12.0 Å². The summed E-state index contributed by atoms with van der Waals surface area (Å²) in [5, 5.41) is 9.36. The van der Waals surface area contributed by atoms with Crippen molar-refractivity contribution in [1.82, 2.24) is 9.80 Å². The Kier molecular flexibility index (Phi) is 7.51. The maximum atomic E-state index is 9.36. The fourth-order valence-corrected chi connectivity index (χ4v) is 2.49. The molecule has 7 nitrogen and oxygen atoms in total. The molecule has 1 heterocycles. The van der Waals surface area contributed by atoms with Gasteiger partial charge in [0.05, 0.1) is 44.5 Å². The number of nitriles is 1. The van der Waals surface area contributed by atoms with Gasteiger partial charge in [0, 0.05) is 45.9 Å². The Morgan fingerprint density at radius 2 is 2.08 bits per heavy atom. The van der Waals surface area contributed by atoms with E-state index < -0.39 is 0 Å². The van der Waals surface area contributed by atoms with Crippen LogP contribution in [0.1, 0.15) is 12.0 Å². The lowest BCUT2D eigenvalue weighted by Crippen LogP contribution is -2.37. The Bertz CT molecular complexity index is 619. The molecule has 7 heteroatoms. The van der Waals surface area contributed by atoms with Crippen molar-refractivity contribution in [2.75, 3.05) is 60.7 Å². The van der Waals surface area contributed by atoms with Crippen molar-refractivity contribution in [3.63, 3.8) is 0 Å². The minimum absolute atomic E-state index is 0.460. The van der Waals surface area contributed by atoms with E-state index in [0.29, 0.717) is 29.4 Å². The normalized spacial score (nSPS) is 15.1. The zero-order valence-corrected chi connectivity index (χ0v) is 15.2. The lowest BCUT2D eigenvalue weighted by Gasteiger charge is -2.26. The predicted molar refractivity (Wildman–Crippen MR) is 96.9 cm³/mol. The van der Waals surface area contributed by atoms with Crippen LogP contribution in [-0.4, -0.2) is 76.8 Å². The number of hydrogen-bond acceptors (Lipinski definition) is 6. The largest absolute Gasteiger partial charge is 0.493 e. The fourth-order valence-electron chi connectivity index (χ4n) is 2.49. The lowest BCUT2D eigenvalue weighted by molar-refractivity contribution is 0.0357. The summed E-state index contributed by atoms with van der Waals surface area (Å²) in [6.07, 6.45) is 2.56. The molecule has 2 rings (SSSR count). The Morgan fingerprint density at radius 3 is 2.72 bits per heavy atom. The van der Waals surface area contributed by atoms with Crippen LogP contribution in [0.2, 0.25) is 0 Å². The van der Waals surface area contributed by atoms with Gasteiger partial charge in [-0.1, -0.05) is 0 Å². The summed E-state index contributed by atoms with van der Waals surface area (Å²) in [5.74, 6) is 1.15. The third-order valence-electron chi connectivity index (χ3n) is 3.81. The maximum absolute atomic E-state index is 9.36. The quantitative estimate of drug-likeness (QED) is 0.407. The van der Waals surface area contributed by atoms with E-state index in [4.69, 9.17) is 14.2 Å². The van der Waals surface area contributed by atoms with Crippen LogP contribution in [0, 0.1) is 11.3 Å². The number of methoxy groups -OCH3 is 1. The Labute approximate surface area is 149 Å². The molecule has 0 spiro atoms. The molecule has 136 valence electrons. The SMILES string of the molecule is COc1cc(N=CN(C)C)c(C#N)cc1OCCCN1CCOCC1. The summed E-state index contributed by atoms with van der Waals surface area (Å²) in [7, 11) is 5.33. The first-order chi connectivity index (χ1) is 12.1. The molecule has 0 radical (unpaired) electrons. The average Bonchev–Trinajstić information content (AvgIpc) is 2.64. The molecular formula is C18H26N4O3. The standard InChI is InChI=1S/C18H26N4O3/c1-21(2)14-20-16-12-17(23-3)18(11-15(16)13-19)25-8-4-5-22-6-9-24-10-7-22/h11-12,14H,4-10H2,1-3H3. The Balaban J connectivity index is 1.98. The van der Waals surface area contributed by atoms with Crippen molar-refractivity contribution in [3.8, 4) is 17.6 Å². The van der Waals surface area contributed by atoms with Crippen molar-refractivity contribution in [1.29, 1.82) is 5.26 Å². The van der Waals surface area contributed by atoms with E-state index in [1.54, 1.807) is 25.6 Å². The monoisotopic (exact) mass is 346 g/mol. The van der Waals surface area contributed by atoms with Crippen LogP contribution in [0.4, 0.5) is 5.69 Å². The van der Waals surface area contributed by atoms with Crippen LogP contribution in [0.25, 0.3) is 0 Å². The number of benzene rings is 1. The van der Waals surface area contributed by atoms with Gasteiger partial charge in [-0.2, -0.15) is 5.26 Å². The summed E-state index contributed by atoms with van der Waals surface area (Å²) >= 11 is 0. The van der Waals surface area contributed by atoms with Gasteiger partial charge in [-0.15, -0.1) is 0 Å². The molecule has 1 aromatic rings. The molecule has 0 atom stereocenters. The van der Waals surface area contributed by atoms with Gasteiger partial charge in [0.1, 0.15) is 6.07 Å². The fraction of sp³-hybridized carbons (Fsp3) is 0.556. The van der Waals surface area contributed by atoms with Gasteiger partial charge in [-0.05, 0) is 6.42 Å². The van der Waals surface area contributed by atoms with Crippen LogP contribution in [-0.2, 0) is 4.74 Å². The highest BCUT2D eigenvalue weighted by molar-refractivity contribution is 5.68. The number of rotatable bonds is 8. The van der Waals surface area contributed by atoms with Crippen molar-refractivity contribution in [3.05, 3.63) is 17.7 Å². The average molecular weight is 346 g/mol. The zero-order chi connectivity index (χ0) is 18.1. The summed E-state index contributed by atoms with van der Waals surface area (Å²) in [4.78, 5) is 8.48. The molecule has 25 heavy (non-hydrogen) atoms. The molecule has 1 aromatic carbocycles. The van der Waals surface area contributed by atoms with E-state index in [1.165, 1.54) is 0 Å². The predicted octanol–water partition coefficient (Wildman–Crippen LogP) is 1.89. The molecule has 0 unspecified atom stereocenters. The molecule has 0 aliphatic carbocycles. The number of nitrogens with zero attached hydrogens (tertiary/aromatic N) is 4. The van der Waals surface area contributed by atoms with Gasteiger partial charge in [-0.25, -0.2) is 4.99 Å². The highest BCUT2D eigenvalue weighted by atomic mass is 16.5. The Morgan fingerprint density at radius 1 is 1.32 bits per heavy atom. The van der Waals surface area contributed by atoms with E-state index >= 15 is 0 Å². The molecule has 1 saturated heterocycles. The molecule has 1 fully saturated rings. The van der Waals surface area contributed by atoms with Crippen LogP contribution >= 0.6 is 0 Å². The van der Waals surface area contributed by atoms with E-state index in [1.807, 2.05) is 19.0 Å². The third kappa shape index (κ3) is 5.93. The van der Waals surface area contributed by atoms with Crippen LogP contribution in [0.15, 0.2) is 17.1 Å². The molecule has 0 bridgehead atoms.